The molecule has 0 radical (unpaired) electrons. The predicted molar refractivity (Wildman–Crippen MR) is 67.4 cm³/mol. The van der Waals surface area contributed by atoms with Gasteiger partial charge in [-0.15, -0.1) is 0 Å². The van der Waals surface area contributed by atoms with Crippen molar-refractivity contribution in [3.63, 3.8) is 0 Å². The van der Waals surface area contributed by atoms with Gasteiger partial charge in [0.25, 0.3) is 0 Å². The first kappa shape index (κ1) is 11.5. The topological polar surface area (TPSA) is 63.3 Å². The van der Waals surface area contributed by atoms with Crippen molar-refractivity contribution in [2.24, 2.45) is 0 Å². The average Bonchev–Trinajstić information content (AvgIpc) is 2.34. The van der Waals surface area contributed by atoms with E-state index in [1.807, 2.05) is 6.07 Å². The molecular weight excluding hydrogens is 238 g/mol. The van der Waals surface area contributed by atoms with Crippen molar-refractivity contribution >= 4 is 23.1 Å². The molecule has 0 spiro atoms. The largest absolute Gasteiger partial charge is 0.506 e. The zero-order chi connectivity index (χ0) is 12.4. The molecule has 2 aromatic rings. The fraction of sp³-hybridized carbons (Fsp3) is 0. The van der Waals surface area contributed by atoms with E-state index in [4.69, 9.17) is 17.3 Å². The molecule has 0 atom stereocenters. The first-order chi connectivity index (χ1) is 8.09. The first-order valence-corrected chi connectivity index (χ1v) is 5.35. The van der Waals surface area contributed by atoms with Crippen LogP contribution in [0.4, 0.5) is 5.69 Å². The van der Waals surface area contributed by atoms with Crippen LogP contribution in [0.15, 0.2) is 42.5 Å². The summed E-state index contributed by atoms with van der Waals surface area (Å²) < 4.78 is 0. The van der Waals surface area contributed by atoms with Crippen LogP contribution < -0.4 is 5.73 Å². The van der Waals surface area contributed by atoms with E-state index in [1.54, 1.807) is 24.3 Å². The summed E-state index contributed by atoms with van der Waals surface area (Å²) in [6.45, 7) is 0. The molecule has 3 nitrogen and oxygen atoms in total. The molecule has 2 aromatic carbocycles. The van der Waals surface area contributed by atoms with Gasteiger partial charge in [0.1, 0.15) is 5.75 Å². The number of aromatic hydroxyl groups is 1. The Labute approximate surface area is 103 Å². The maximum Gasteiger partial charge on any atom is 0.195 e. The summed E-state index contributed by atoms with van der Waals surface area (Å²) in [5.41, 5.74) is 6.73. The van der Waals surface area contributed by atoms with E-state index in [2.05, 4.69) is 0 Å². The lowest BCUT2D eigenvalue weighted by molar-refractivity contribution is 0.103. The number of carbonyl (C=O) groups is 1. The fourth-order valence-corrected chi connectivity index (χ4v) is 1.69. The average molecular weight is 248 g/mol. The summed E-state index contributed by atoms with van der Waals surface area (Å²) in [6, 6.07) is 11.4. The third kappa shape index (κ3) is 2.24. The van der Waals surface area contributed by atoms with E-state index in [-0.39, 0.29) is 27.8 Å². The monoisotopic (exact) mass is 247 g/mol. The number of ketones is 1. The Kier molecular flexibility index (Phi) is 3.02. The van der Waals surface area contributed by atoms with Crippen LogP contribution in [-0.4, -0.2) is 10.9 Å². The van der Waals surface area contributed by atoms with E-state index >= 15 is 0 Å². The summed E-state index contributed by atoms with van der Waals surface area (Å²) in [4.78, 5) is 12.1. The number of hydrogen-bond donors (Lipinski definition) is 2. The van der Waals surface area contributed by atoms with Crippen LogP contribution >= 0.6 is 11.6 Å². The molecule has 17 heavy (non-hydrogen) atoms. The number of benzene rings is 2. The molecule has 3 N–H and O–H groups in total. The number of halogens is 1. The molecule has 0 aliphatic heterocycles. The number of carbonyl (C=O) groups excluding carboxylic acids is 1. The van der Waals surface area contributed by atoms with Crippen molar-refractivity contribution in [2.45, 2.75) is 0 Å². The molecule has 0 bridgehead atoms. The van der Waals surface area contributed by atoms with Crippen molar-refractivity contribution in [1.82, 2.24) is 0 Å². The molecule has 2 rings (SSSR count). The van der Waals surface area contributed by atoms with Crippen LogP contribution in [0.2, 0.25) is 5.02 Å². The van der Waals surface area contributed by atoms with Gasteiger partial charge in [0.2, 0.25) is 0 Å². The highest BCUT2D eigenvalue weighted by molar-refractivity contribution is 6.32. The predicted octanol–water partition coefficient (Wildman–Crippen LogP) is 2.86. The van der Waals surface area contributed by atoms with Crippen molar-refractivity contribution in [3.8, 4) is 5.75 Å². The van der Waals surface area contributed by atoms with E-state index in [9.17, 15) is 9.90 Å². The zero-order valence-electron chi connectivity index (χ0n) is 8.85. The van der Waals surface area contributed by atoms with Gasteiger partial charge in [0, 0.05) is 16.8 Å². The SMILES string of the molecule is Nc1cc(Cl)c(O)cc1C(=O)c1ccccc1. The van der Waals surface area contributed by atoms with Gasteiger partial charge < -0.3 is 10.8 Å². The Bertz CT molecular complexity index is 567. The van der Waals surface area contributed by atoms with Crippen LogP contribution in [0, 0.1) is 0 Å². The Balaban J connectivity index is 2.48. The van der Waals surface area contributed by atoms with Crippen molar-refractivity contribution in [2.75, 3.05) is 5.73 Å². The molecule has 0 heterocycles. The number of nitrogens with two attached hydrogens (primary N) is 1. The van der Waals surface area contributed by atoms with Crippen LogP contribution in [-0.2, 0) is 0 Å². The van der Waals surface area contributed by atoms with Gasteiger partial charge in [-0.05, 0) is 12.1 Å². The van der Waals surface area contributed by atoms with Crippen LogP contribution in [0.3, 0.4) is 0 Å². The van der Waals surface area contributed by atoms with E-state index in [0.29, 0.717) is 5.56 Å². The number of nitrogen functional groups attached to an aromatic ring is 1. The number of phenols is 1. The standard InChI is InChI=1S/C13H10ClNO2/c14-10-7-11(15)9(6-12(10)16)13(17)8-4-2-1-3-5-8/h1-7,16H,15H2. The third-order valence-corrected chi connectivity index (χ3v) is 2.70. The minimum atomic E-state index is -0.241. The van der Waals surface area contributed by atoms with Gasteiger partial charge in [-0.2, -0.15) is 0 Å². The van der Waals surface area contributed by atoms with Crippen LogP contribution in [0.1, 0.15) is 15.9 Å². The lowest BCUT2D eigenvalue weighted by atomic mass is 10.0. The van der Waals surface area contributed by atoms with Gasteiger partial charge >= 0.3 is 0 Å². The maximum absolute atomic E-state index is 12.1. The molecular formula is C13H10ClNO2. The number of phenolic OH excluding ortho intramolecular Hbond substituents is 1. The molecule has 0 aromatic heterocycles. The summed E-state index contributed by atoms with van der Waals surface area (Å²) in [7, 11) is 0. The number of anilines is 1. The molecule has 0 unspecified atom stereocenters. The highest BCUT2D eigenvalue weighted by atomic mass is 35.5. The zero-order valence-corrected chi connectivity index (χ0v) is 9.61. The highest BCUT2D eigenvalue weighted by Crippen LogP contribution is 2.29. The molecule has 4 heteroatoms. The molecule has 0 saturated carbocycles. The Morgan fingerprint density at radius 1 is 1.18 bits per heavy atom. The van der Waals surface area contributed by atoms with Crippen LogP contribution in [0.5, 0.6) is 5.75 Å². The van der Waals surface area contributed by atoms with Gasteiger partial charge in [-0.25, -0.2) is 0 Å². The molecule has 0 aliphatic carbocycles. The van der Waals surface area contributed by atoms with E-state index in [0.717, 1.165) is 0 Å². The Hall–Kier alpha value is -2.00. The lowest BCUT2D eigenvalue weighted by Gasteiger charge is -2.06. The molecule has 0 fully saturated rings. The summed E-state index contributed by atoms with van der Waals surface area (Å²) in [5, 5.41) is 9.61. The second-order valence-corrected chi connectivity index (χ2v) is 3.99. The molecule has 86 valence electrons. The first-order valence-electron chi connectivity index (χ1n) is 4.97. The number of hydrogen-bond acceptors (Lipinski definition) is 3. The summed E-state index contributed by atoms with van der Waals surface area (Å²) >= 11 is 5.70. The molecule has 0 saturated heterocycles. The Morgan fingerprint density at radius 2 is 1.82 bits per heavy atom. The van der Waals surface area contributed by atoms with Crippen LogP contribution in [0.25, 0.3) is 0 Å². The minimum absolute atomic E-state index is 0.132. The van der Waals surface area contributed by atoms with Crippen molar-refractivity contribution in [1.29, 1.82) is 0 Å². The highest BCUT2D eigenvalue weighted by Gasteiger charge is 2.14. The van der Waals surface area contributed by atoms with Crippen molar-refractivity contribution < 1.29 is 9.90 Å². The molecule has 0 amide bonds. The van der Waals surface area contributed by atoms with Gasteiger partial charge in [0.15, 0.2) is 5.78 Å². The smallest absolute Gasteiger partial charge is 0.195 e. The summed E-state index contributed by atoms with van der Waals surface area (Å²) in [5.74, 6) is -0.393. The summed E-state index contributed by atoms with van der Waals surface area (Å²) in [6.07, 6.45) is 0. The quantitative estimate of drug-likeness (QED) is 0.487. The third-order valence-electron chi connectivity index (χ3n) is 2.40. The molecule has 0 aliphatic rings. The maximum atomic E-state index is 12.1. The van der Waals surface area contributed by atoms with Crippen molar-refractivity contribution in [3.05, 3.63) is 58.6 Å². The normalized spacial score (nSPS) is 10.2. The van der Waals surface area contributed by atoms with Gasteiger partial charge in [-0.1, -0.05) is 41.9 Å². The number of rotatable bonds is 2. The van der Waals surface area contributed by atoms with E-state index < -0.39 is 0 Å². The lowest BCUT2D eigenvalue weighted by Crippen LogP contribution is -2.05. The Morgan fingerprint density at radius 3 is 2.47 bits per heavy atom. The van der Waals surface area contributed by atoms with Gasteiger partial charge in [-0.3, -0.25) is 4.79 Å². The second-order valence-electron chi connectivity index (χ2n) is 3.59. The minimum Gasteiger partial charge on any atom is -0.506 e. The second kappa shape index (κ2) is 4.47. The van der Waals surface area contributed by atoms with Gasteiger partial charge in [0.05, 0.1) is 5.02 Å². The fourth-order valence-electron chi connectivity index (χ4n) is 1.52. The van der Waals surface area contributed by atoms with E-state index in [1.165, 1.54) is 12.1 Å².